The van der Waals surface area contributed by atoms with Crippen LogP contribution in [-0.2, 0) is 18.0 Å². The van der Waals surface area contributed by atoms with Crippen LogP contribution in [0.1, 0.15) is 11.1 Å². The fourth-order valence-electron chi connectivity index (χ4n) is 1.51. The average Bonchev–Trinajstić information content (AvgIpc) is 2.48. The standard InChI is InChI=1S/C14H13ClN2O3/c15-12-6-11(8-18)7-16-13(12)17-14(19)20-9-10-4-2-1-3-5-10/h1-7,18H,8-9H2,(H,16,17,19). The molecule has 0 atom stereocenters. The molecule has 0 aliphatic carbocycles. The third-order valence-electron chi connectivity index (χ3n) is 2.51. The lowest BCUT2D eigenvalue weighted by Gasteiger charge is -2.08. The van der Waals surface area contributed by atoms with E-state index in [1.165, 1.54) is 12.3 Å². The molecule has 2 aromatic rings. The molecule has 0 unspecified atom stereocenters. The number of pyridine rings is 1. The zero-order chi connectivity index (χ0) is 14.4. The highest BCUT2D eigenvalue weighted by atomic mass is 35.5. The van der Waals surface area contributed by atoms with Crippen molar-refractivity contribution in [2.45, 2.75) is 13.2 Å². The number of nitrogens with one attached hydrogen (secondary N) is 1. The van der Waals surface area contributed by atoms with Gasteiger partial charge in [0.15, 0.2) is 5.82 Å². The number of amides is 1. The van der Waals surface area contributed by atoms with Gasteiger partial charge in [-0.2, -0.15) is 0 Å². The molecule has 1 aromatic carbocycles. The highest BCUT2D eigenvalue weighted by Gasteiger charge is 2.09. The Labute approximate surface area is 121 Å². The van der Waals surface area contributed by atoms with Crippen molar-refractivity contribution in [3.63, 3.8) is 0 Å². The molecule has 0 fully saturated rings. The van der Waals surface area contributed by atoms with E-state index in [1.54, 1.807) is 0 Å². The van der Waals surface area contributed by atoms with Gasteiger partial charge in [-0.1, -0.05) is 41.9 Å². The first-order valence-corrected chi connectivity index (χ1v) is 6.30. The number of benzene rings is 1. The van der Waals surface area contributed by atoms with E-state index < -0.39 is 6.09 Å². The number of carbonyl (C=O) groups is 1. The molecule has 1 heterocycles. The molecule has 2 N–H and O–H groups in total. The molecule has 0 saturated heterocycles. The van der Waals surface area contributed by atoms with Crippen LogP contribution in [0.3, 0.4) is 0 Å². The van der Waals surface area contributed by atoms with Gasteiger partial charge in [0.25, 0.3) is 0 Å². The molecule has 2 rings (SSSR count). The lowest BCUT2D eigenvalue weighted by atomic mass is 10.2. The van der Waals surface area contributed by atoms with Crippen molar-refractivity contribution in [2.24, 2.45) is 0 Å². The van der Waals surface area contributed by atoms with E-state index >= 15 is 0 Å². The molecule has 0 aliphatic rings. The largest absolute Gasteiger partial charge is 0.444 e. The molecule has 1 aromatic heterocycles. The molecular weight excluding hydrogens is 280 g/mol. The Kier molecular flexibility index (Phi) is 4.92. The van der Waals surface area contributed by atoms with Crippen LogP contribution in [-0.4, -0.2) is 16.2 Å². The minimum atomic E-state index is -0.639. The maximum absolute atomic E-state index is 11.6. The predicted molar refractivity (Wildman–Crippen MR) is 75.4 cm³/mol. The number of hydrogen-bond donors (Lipinski definition) is 2. The zero-order valence-electron chi connectivity index (χ0n) is 10.5. The van der Waals surface area contributed by atoms with E-state index in [0.717, 1.165) is 5.56 Å². The van der Waals surface area contributed by atoms with Crippen molar-refractivity contribution in [3.8, 4) is 0 Å². The molecule has 104 valence electrons. The van der Waals surface area contributed by atoms with Crippen molar-refractivity contribution < 1.29 is 14.6 Å². The number of ether oxygens (including phenoxy) is 1. The van der Waals surface area contributed by atoms with Gasteiger partial charge < -0.3 is 9.84 Å². The first-order valence-electron chi connectivity index (χ1n) is 5.92. The minimum absolute atomic E-state index is 0.161. The fourth-order valence-corrected chi connectivity index (χ4v) is 1.75. The summed E-state index contributed by atoms with van der Waals surface area (Å²) in [5, 5.41) is 11.6. The second kappa shape index (κ2) is 6.88. The summed E-state index contributed by atoms with van der Waals surface area (Å²) in [6, 6.07) is 10.9. The number of hydrogen-bond acceptors (Lipinski definition) is 4. The Balaban J connectivity index is 1.91. The van der Waals surface area contributed by atoms with E-state index in [9.17, 15) is 4.79 Å². The van der Waals surface area contributed by atoms with E-state index in [0.29, 0.717) is 5.56 Å². The quantitative estimate of drug-likeness (QED) is 0.909. The monoisotopic (exact) mass is 292 g/mol. The van der Waals surface area contributed by atoms with Gasteiger partial charge >= 0.3 is 6.09 Å². The van der Waals surface area contributed by atoms with Gasteiger partial charge in [-0.3, -0.25) is 5.32 Å². The Hall–Kier alpha value is -2.11. The van der Waals surface area contributed by atoms with Gasteiger partial charge in [0, 0.05) is 6.20 Å². The van der Waals surface area contributed by atoms with Gasteiger partial charge in [0.2, 0.25) is 0 Å². The van der Waals surface area contributed by atoms with Crippen LogP contribution in [0, 0.1) is 0 Å². The number of aliphatic hydroxyl groups excluding tert-OH is 1. The van der Waals surface area contributed by atoms with Crippen LogP contribution in [0.2, 0.25) is 5.02 Å². The molecule has 0 spiro atoms. The maximum Gasteiger partial charge on any atom is 0.413 e. The Morgan fingerprint density at radius 2 is 2.05 bits per heavy atom. The lowest BCUT2D eigenvalue weighted by Crippen LogP contribution is -2.15. The van der Waals surface area contributed by atoms with Crippen LogP contribution in [0.5, 0.6) is 0 Å². The third-order valence-corrected chi connectivity index (χ3v) is 2.80. The minimum Gasteiger partial charge on any atom is -0.444 e. The summed E-state index contributed by atoms with van der Waals surface area (Å²) >= 11 is 5.93. The van der Waals surface area contributed by atoms with Crippen LogP contribution in [0.25, 0.3) is 0 Å². The molecule has 0 saturated carbocycles. The van der Waals surface area contributed by atoms with Crippen LogP contribution in [0.15, 0.2) is 42.6 Å². The van der Waals surface area contributed by atoms with E-state index in [2.05, 4.69) is 10.3 Å². The molecule has 1 amide bonds. The number of nitrogens with zero attached hydrogens (tertiary/aromatic N) is 1. The van der Waals surface area contributed by atoms with Crippen molar-refractivity contribution in [1.29, 1.82) is 0 Å². The van der Waals surface area contributed by atoms with Crippen LogP contribution in [0.4, 0.5) is 10.6 Å². The summed E-state index contributed by atoms with van der Waals surface area (Å²) in [6.45, 7) is 0.00443. The van der Waals surface area contributed by atoms with Crippen LogP contribution < -0.4 is 5.32 Å². The average molecular weight is 293 g/mol. The predicted octanol–water partition coefficient (Wildman–Crippen LogP) is 2.98. The first-order chi connectivity index (χ1) is 9.69. The highest BCUT2D eigenvalue weighted by Crippen LogP contribution is 2.20. The summed E-state index contributed by atoms with van der Waals surface area (Å²) in [5.74, 6) is 0.196. The summed E-state index contributed by atoms with van der Waals surface area (Å²) in [5.41, 5.74) is 1.45. The van der Waals surface area contributed by atoms with Crippen molar-refractivity contribution in [3.05, 3.63) is 58.7 Å². The maximum atomic E-state index is 11.6. The smallest absolute Gasteiger partial charge is 0.413 e. The summed E-state index contributed by atoms with van der Waals surface area (Å²) in [6.07, 6.45) is 0.790. The Morgan fingerprint density at radius 1 is 1.30 bits per heavy atom. The number of aliphatic hydroxyl groups is 1. The molecule has 20 heavy (non-hydrogen) atoms. The number of carbonyl (C=O) groups excluding carboxylic acids is 1. The molecular formula is C14H13ClN2O3. The van der Waals surface area contributed by atoms with Gasteiger partial charge in [0.05, 0.1) is 11.6 Å². The van der Waals surface area contributed by atoms with E-state index in [1.807, 2.05) is 30.3 Å². The summed E-state index contributed by atoms with van der Waals surface area (Å²) in [7, 11) is 0. The van der Waals surface area contributed by atoms with Gasteiger partial charge in [-0.15, -0.1) is 0 Å². The molecule has 0 radical (unpaired) electrons. The Bertz CT molecular complexity index is 590. The lowest BCUT2D eigenvalue weighted by molar-refractivity contribution is 0.155. The van der Waals surface area contributed by atoms with E-state index in [-0.39, 0.29) is 24.1 Å². The summed E-state index contributed by atoms with van der Waals surface area (Å²) < 4.78 is 5.05. The number of aromatic nitrogens is 1. The normalized spacial score (nSPS) is 10.1. The first kappa shape index (κ1) is 14.3. The molecule has 5 nitrogen and oxygen atoms in total. The van der Waals surface area contributed by atoms with E-state index in [4.69, 9.17) is 21.4 Å². The third kappa shape index (κ3) is 3.94. The number of rotatable bonds is 4. The highest BCUT2D eigenvalue weighted by molar-refractivity contribution is 6.33. The number of anilines is 1. The van der Waals surface area contributed by atoms with Crippen molar-refractivity contribution >= 4 is 23.5 Å². The van der Waals surface area contributed by atoms with Gasteiger partial charge in [0.1, 0.15) is 6.61 Å². The molecule has 0 bridgehead atoms. The second-order valence-corrected chi connectivity index (χ2v) is 4.43. The SMILES string of the molecule is O=C(Nc1ncc(CO)cc1Cl)OCc1ccccc1. The Morgan fingerprint density at radius 3 is 2.70 bits per heavy atom. The van der Waals surface area contributed by atoms with Crippen molar-refractivity contribution in [1.82, 2.24) is 4.98 Å². The molecule has 6 heteroatoms. The van der Waals surface area contributed by atoms with Crippen LogP contribution >= 0.6 is 11.6 Å². The van der Waals surface area contributed by atoms with Crippen molar-refractivity contribution in [2.75, 3.05) is 5.32 Å². The summed E-state index contributed by atoms with van der Waals surface area (Å²) in [4.78, 5) is 15.6. The number of halogens is 1. The van der Waals surface area contributed by atoms with Gasteiger partial charge in [-0.05, 0) is 17.2 Å². The fraction of sp³-hybridized carbons (Fsp3) is 0.143. The topological polar surface area (TPSA) is 71.5 Å². The van der Waals surface area contributed by atoms with Gasteiger partial charge in [-0.25, -0.2) is 9.78 Å². The zero-order valence-corrected chi connectivity index (χ0v) is 11.3. The molecule has 0 aliphatic heterocycles. The second-order valence-electron chi connectivity index (χ2n) is 4.02.